The summed E-state index contributed by atoms with van der Waals surface area (Å²) in [6.45, 7) is 12.0. The van der Waals surface area contributed by atoms with Gasteiger partial charge in [0.25, 0.3) is 0 Å². The highest BCUT2D eigenvalue weighted by atomic mass is 27.1. The Balaban J connectivity index is 2.00. The lowest BCUT2D eigenvalue weighted by Crippen LogP contribution is -2.12. The summed E-state index contributed by atoms with van der Waals surface area (Å²) in [6, 6.07) is 3.94. The van der Waals surface area contributed by atoms with Crippen LogP contribution in [0.5, 0.6) is 5.75 Å². The molecule has 0 bridgehead atoms. The maximum absolute atomic E-state index is 11.3. The lowest BCUT2D eigenvalue weighted by atomic mass is 10.0. The topological polar surface area (TPSA) is 47.8 Å². The number of benzene rings is 1. The van der Waals surface area contributed by atoms with Crippen molar-refractivity contribution < 1.29 is 22.6 Å². The van der Waals surface area contributed by atoms with Crippen LogP contribution in [0.4, 0.5) is 5.69 Å². The Bertz CT molecular complexity index is 682. The van der Waals surface area contributed by atoms with Crippen molar-refractivity contribution in [2.45, 2.75) is 19.3 Å². The Hall–Kier alpha value is -2.00. The number of carbonyl (C=O) groups is 1. The summed E-state index contributed by atoms with van der Waals surface area (Å²) in [5, 5.41) is 0. The number of esters is 1. The van der Waals surface area contributed by atoms with Gasteiger partial charge in [-0.2, -0.15) is 0 Å². The number of carbonyl (C=O) groups excluding carboxylic acids is 1. The van der Waals surface area contributed by atoms with Gasteiger partial charge in [-0.1, -0.05) is 24.5 Å². The van der Waals surface area contributed by atoms with Crippen LogP contribution in [0.15, 0.2) is 30.4 Å². The molecular formula is C18H21AlNO4. The molecule has 0 atom stereocenters. The molecule has 6 heteroatoms. The smallest absolute Gasteiger partial charge is 0.519 e. The van der Waals surface area contributed by atoms with E-state index >= 15 is 0 Å². The predicted molar refractivity (Wildman–Crippen MR) is 94.5 cm³/mol. The van der Waals surface area contributed by atoms with Crippen LogP contribution in [0.1, 0.15) is 18.1 Å². The number of hydrogen-bond donors (Lipinski definition) is 0. The van der Waals surface area contributed by atoms with Gasteiger partial charge < -0.3 is 13.3 Å². The van der Waals surface area contributed by atoms with Crippen molar-refractivity contribution in [2.24, 2.45) is 0 Å². The molecule has 24 heavy (non-hydrogen) atoms. The Kier molecular flexibility index (Phi) is 6.68. The van der Waals surface area contributed by atoms with E-state index in [0.29, 0.717) is 18.8 Å². The van der Waals surface area contributed by atoms with Crippen molar-refractivity contribution in [3.05, 3.63) is 48.0 Å². The number of nitrogens with zero attached hydrogens (tertiary/aromatic N) is 1. The lowest BCUT2D eigenvalue weighted by Gasteiger charge is -2.22. The van der Waals surface area contributed by atoms with Crippen LogP contribution in [-0.2, 0) is 20.9 Å². The number of fused-ring (bicyclic) bond motifs is 1. The van der Waals surface area contributed by atoms with Crippen LogP contribution in [0, 0.1) is 6.54 Å². The highest BCUT2D eigenvalue weighted by Crippen LogP contribution is 2.37. The first-order valence-electron chi connectivity index (χ1n) is 7.66. The first kappa shape index (κ1) is 18.3. The highest BCUT2D eigenvalue weighted by Gasteiger charge is 2.17. The van der Waals surface area contributed by atoms with E-state index in [1.54, 1.807) is 11.5 Å². The molecule has 5 nitrogen and oxygen atoms in total. The maximum Gasteiger partial charge on any atom is 0.519 e. The molecule has 2 rings (SSSR count). The third-order valence-electron chi connectivity index (χ3n) is 3.40. The fraction of sp³-hybridized carbons (Fsp3) is 0.278. The van der Waals surface area contributed by atoms with Crippen molar-refractivity contribution >= 4 is 40.0 Å². The average Bonchev–Trinajstić information content (AvgIpc) is 2.56. The van der Waals surface area contributed by atoms with Crippen molar-refractivity contribution in [1.82, 2.24) is 0 Å². The zero-order valence-corrected chi connectivity index (χ0v) is 15.2. The van der Waals surface area contributed by atoms with Crippen LogP contribution in [0.25, 0.3) is 6.08 Å². The monoisotopic (exact) mass is 342 g/mol. The van der Waals surface area contributed by atoms with Gasteiger partial charge in [-0.3, -0.25) is 4.58 Å². The van der Waals surface area contributed by atoms with Gasteiger partial charge in [-0.15, -0.1) is 6.08 Å². The molecule has 1 aliphatic heterocycles. The minimum absolute atomic E-state index is 0.103. The van der Waals surface area contributed by atoms with Crippen molar-refractivity contribution in [3.8, 4) is 5.75 Å². The number of hydrogen-bond acceptors (Lipinski definition) is 4. The second kappa shape index (κ2) is 8.74. The molecule has 0 unspecified atom stereocenters. The van der Waals surface area contributed by atoms with Crippen LogP contribution in [-0.4, -0.2) is 46.0 Å². The van der Waals surface area contributed by atoms with Gasteiger partial charge in [0.05, 0.1) is 26.5 Å². The molecule has 125 valence electrons. The summed E-state index contributed by atoms with van der Waals surface area (Å²) in [5.74, 6) is 2.47. The van der Waals surface area contributed by atoms with Gasteiger partial charge in [0, 0.05) is 5.57 Å². The highest BCUT2D eigenvalue weighted by molar-refractivity contribution is 6.26. The van der Waals surface area contributed by atoms with Crippen LogP contribution in [0.2, 0.25) is 5.79 Å². The quantitative estimate of drug-likeness (QED) is 0.182. The van der Waals surface area contributed by atoms with Gasteiger partial charge in [0.1, 0.15) is 12.4 Å². The zero-order chi connectivity index (χ0) is 17.5. The Morgan fingerprint density at radius 2 is 2.17 bits per heavy atom. The van der Waals surface area contributed by atoms with E-state index in [4.69, 9.17) is 13.3 Å². The van der Waals surface area contributed by atoms with Crippen LogP contribution < -0.4 is 3.79 Å². The van der Waals surface area contributed by atoms with E-state index in [0.717, 1.165) is 22.6 Å². The zero-order valence-electron chi connectivity index (χ0n) is 14.1. The molecule has 1 aromatic rings. The van der Waals surface area contributed by atoms with Gasteiger partial charge in [0.15, 0.2) is 5.69 Å². The molecular weight excluding hydrogens is 321 g/mol. The van der Waals surface area contributed by atoms with Crippen LogP contribution in [0.3, 0.4) is 0 Å². The summed E-state index contributed by atoms with van der Waals surface area (Å²) >= 11 is -0.103. The lowest BCUT2D eigenvalue weighted by molar-refractivity contribution is -0.378. The molecule has 0 saturated carbocycles. The summed E-state index contributed by atoms with van der Waals surface area (Å²) in [7, 11) is 0. The molecule has 0 aromatic heterocycles. The number of ether oxygens (including phenoxy) is 2. The summed E-state index contributed by atoms with van der Waals surface area (Å²) in [5.41, 5.74) is 3.40. The van der Waals surface area contributed by atoms with Crippen molar-refractivity contribution in [2.75, 3.05) is 13.2 Å². The summed E-state index contributed by atoms with van der Waals surface area (Å²) < 4.78 is 18.2. The van der Waals surface area contributed by atoms with Crippen molar-refractivity contribution in [1.29, 1.82) is 0 Å². The van der Waals surface area contributed by atoms with Crippen LogP contribution >= 0.6 is 0 Å². The molecule has 0 aliphatic carbocycles. The normalized spacial score (nSPS) is 12.2. The third-order valence-corrected chi connectivity index (χ3v) is 3.89. The first-order chi connectivity index (χ1) is 11.5. The number of rotatable bonds is 8. The largest absolute Gasteiger partial charge is 0.650 e. The Morgan fingerprint density at radius 1 is 1.38 bits per heavy atom. The molecule has 0 N–H and O–H groups in total. The van der Waals surface area contributed by atoms with E-state index in [9.17, 15) is 4.79 Å². The van der Waals surface area contributed by atoms with Gasteiger partial charge >= 0.3 is 21.5 Å². The minimum Gasteiger partial charge on any atom is -0.650 e. The predicted octanol–water partition coefficient (Wildman–Crippen LogP) is 2.90. The second-order valence-corrected chi connectivity index (χ2v) is 5.99. The molecule has 1 heterocycles. The van der Waals surface area contributed by atoms with Gasteiger partial charge in [-0.05, 0) is 24.1 Å². The molecule has 1 radical (unpaired) electrons. The Labute approximate surface area is 149 Å². The van der Waals surface area contributed by atoms with Gasteiger partial charge in [-0.25, -0.2) is 4.79 Å². The van der Waals surface area contributed by atoms with E-state index in [2.05, 4.69) is 13.3 Å². The maximum atomic E-state index is 11.3. The summed E-state index contributed by atoms with van der Waals surface area (Å²) in [4.78, 5) is 11.3. The van der Waals surface area contributed by atoms with Gasteiger partial charge in [0.2, 0.25) is 0 Å². The third kappa shape index (κ3) is 4.51. The average molecular weight is 342 g/mol. The molecule has 0 fully saturated rings. The fourth-order valence-corrected chi connectivity index (χ4v) is 2.72. The summed E-state index contributed by atoms with van der Waals surface area (Å²) in [6.07, 6.45) is 3.96. The molecule has 1 aromatic carbocycles. The minimum atomic E-state index is -0.397. The molecule has 0 saturated heterocycles. The second-order valence-electron chi connectivity index (χ2n) is 5.29. The standard InChI is InChI=1S/C17H19NO4.CH3.Al/c1-12(2)17(20)22-10-9-21-11-13-6-7-15(19)16-14(13)5-4-8-18(16)3;;/h4-8,19H,1,3,9-11H2,2H3;1H3;/q;;+1/p-1. The molecule has 1 aliphatic rings. The fourth-order valence-electron chi connectivity index (χ4n) is 2.28. The van der Waals surface area contributed by atoms with E-state index in [1.807, 2.05) is 36.6 Å². The SMILES string of the molecule is C=C(C)C(=O)OCCOCc1ccc([O][Al][CH3])c2c1C=C[CH-][N+]2=C. The molecule has 0 amide bonds. The van der Waals surface area contributed by atoms with E-state index in [-0.39, 0.29) is 22.2 Å². The van der Waals surface area contributed by atoms with E-state index in [1.165, 1.54) is 0 Å². The first-order valence-corrected chi connectivity index (χ1v) is 9.29. The Morgan fingerprint density at radius 3 is 2.88 bits per heavy atom. The molecule has 0 spiro atoms. The van der Waals surface area contributed by atoms with Crippen molar-refractivity contribution in [3.63, 3.8) is 0 Å². The van der Waals surface area contributed by atoms with E-state index < -0.39 is 5.97 Å².